The molecule has 0 aromatic heterocycles. The van der Waals surface area contributed by atoms with Gasteiger partial charge >= 0.3 is 0 Å². The average Bonchev–Trinajstić information content (AvgIpc) is 2.35. The second-order valence-electron chi connectivity index (χ2n) is 4.46. The van der Waals surface area contributed by atoms with Crippen LogP contribution in [0.2, 0.25) is 0 Å². The van der Waals surface area contributed by atoms with Crippen LogP contribution < -0.4 is 11.5 Å². The molecule has 0 heterocycles. The van der Waals surface area contributed by atoms with Crippen LogP contribution in [0.5, 0.6) is 0 Å². The topological polar surface area (TPSA) is 69.1 Å². The first-order chi connectivity index (χ1) is 8.99. The Morgan fingerprint density at radius 3 is 2.58 bits per heavy atom. The van der Waals surface area contributed by atoms with Crippen molar-refractivity contribution in [2.24, 2.45) is 5.73 Å². The van der Waals surface area contributed by atoms with E-state index in [9.17, 15) is 4.79 Å². The summed E-state index contributed by atoms with van der Waals surface area (Å²) < 4.78 is 0. The normalized spacial score (nSPS) is 10.4. The van der Waals surface area contributed by atoms with Crippen molar-refractivity contribution in [3.8, 4) is 0 Å². The molecular formula is C15H16N2OS. The van der Waals surface area contributed by atoms with E-state index in [0.29, 0.717) is 11.3 Å². The Balaban J connectivity index is 2.49. The lowest BCUT2D eigenvalue weighted by atomic mass is 10.2. The van der Waals surface area contributed by atoms with Gasteiger partial charge in [-0.05, 0) is 43.2 Å². The number of carbonyl (C=O) groups is 1. The Hall–Kier alpha value is -1.94. The summed E-state index contributed by atoms with van der Waals surface area (Å²) in [5.41, 5.74) is 14.7. The van der Waals surface area contributed by atoms with E-state index in [1.807, 2.05) is 13.8 Å². The van der Waals surface area contributed by atoms with E-state index in [-0.39, 0.29) is 0 Å². The maximum absolute atomic E-state index is 11.5. The highest BCUT2D eigenvalue weighted by Gasteiger charge is 2.13. The second kappa shape index (κ2) is 5.36. The second-order valence-corrected chi connectivity index (χ2v) is 5.51. The molecule has 0 spiro atoms. The van der Waals surface area contributed by atoms with Crippen LogP contribution in [-0.2, 0) is 0 Å². The average molecular weight is 272 g/mol. The van der Waals surface area contributed by atoms with Crippen molar-refractivity contribution in [2.75, 3.05) is 5.73 Å². The van der Waals surface area contributed by atoms with Crippen LogP contribution in [0.25, 0.3) is 0 Å². The number of aryl methyl sites for hydroxylation is 2. The highest BCUT2D eigenvalue weighted by atomic mass is 32.2. The lowest BCUT2D eigenvalue weighted by Crippen LogP contribution is -2.13. The van der Waals surface area contributed by atoms with Gasteiger partial charge in [0.15, 0.2) is 0 Å². The molecule has 0 fully saturated rings. The van der Waals surface area contributed by atoms with E-state index in [2.05, 4.69) is 18.2 Å². The summed E-state index contributed by atoms with van der Waals surface area (Å²) in [6, 6.07) is 11.4. The predicted molar refractivity (Wildman–Crippen MR) is 79.4 cm³/mol. The van der Waals surface area contributed by atoms with Gasteiger partial charge in [-0.2, -0.15) is 0 Å². The molecular weight excluding hydrogens is 256 g/mol. The van der Waals surface area contributed by atoms with Gasteiger partial charge in [-0.3, -0.25) is 4.79 Å². The third-order valence-electron chi connectivity index (χ3n) is 2.87. The fraction of sp³-hybridized carbons (Fsp3) is 0.133. The first-order valence-electron chi connectivity index (χ1n) is 5.92. The zero-order valence-electron chi connectivity index (χ0n) is 10.9. The fourth-order valence-electron chi connectivity index (χ4n) is 1.79. The van der Waals surface area contributed by atoms with Gasteiger partial charge in [0.05, 0.1) is 5.56 Å². The van der Waals surface area contributed by atoms with Gasteiger partial charge < -0.3 is 11.5 Å². The third-order valence-corrected chi connectivity index (χ3v) is 4.19. The quantitative estimate of drug-likeness (QED) is 0.843. The molecule has 0 unspecified atom stereocenters. The highest BCUT2D eigenvalue weighted by Crippen LogP contribution is 2.36. The Morgan fingerprint density at radius 2 is 1.89 bits per heavy atom. The molecule has 3 nitrogen and oxygen atoms in total. The van der Waals surface area contributed by atoms with Crippen LogP contribution in [0.15, 0.2) is 46.2 Å². The molecule has 2 rings (SSSR count). The minimum absolute atomic E-state index is 0.458. The number of nitrogens with two attached hydrogens (primary N) is 2. The zero-order chi connectivity index (χ0) is 14.0. The number of anilines is 1. The van der Waals surface area contributed by atoms with E-state index in [1.54, 1.807) is 18.2 Å². The summed E-state index contributed by atoms with van der Waals surface area (Å²) in [5.74, 6) is -0.458. The van der Waals surface area contributed by atoms with Crippen molar-refractivity contribution < 1.29 is 4.79 Å². The molecule has 0 radical (unpaired) electrons. The van der Waals surface area contributed by atoms with E-state index >= 15 is 0 Å². The summed E-state index contributed by atoms with van der Waals surface area (Å²) in [4.78, 5) is 13.3. The van der Waals surface area contributed by atoms with Gasteiger partial charge in [-0.15, -0.1) is 0 Å². The van der Waals surface area contributed by atoms with Crippen molar-refractivity contribution in [1.29, 1.82) is 0 Å². The minimum Gasteiger partial charge on any atom is -0.398 e. The van der Waals surface area contributed by atoms with Crippen molar-refractivity contribution in [3.05, 3.63) is 53.1 Å². The van der Waals surface area contributed by atoms with Crippen molar-refractivity contribution in [3.63, 3.8) is 0 Å². The number of primary amides is 1. The molecule has 2 aromatic rings. The molecule has 0 bridgehead atoms. The maximum atomic E-state index is 11.5. The first kappa shape index (κ1) is 13.5. The van der Waals surface area contributed by atoms with E-state index in [0.717, 1.165) is 15.4 Å². The third kappa shape index (κ3) is 2.90. The highest BCUT2D eigenvalue weighted by molar-refractivity contribution is 7.99. The molecule has 0 aliphatic carbocycles. The monoisotopic (exact) mass is 272 g/mol. The van der Waals surface area contributed by atoms with Crippen molar-refractivity contribution in [1.82, 2.24) is 0 Å². The summed E-state index contributed by atoms with van der Waals surface area (Å²) in [7, 11) is 0. The Morgan fingerprint density at radius 1 is 1.16 bits per heavy atom. The number of amides is 1. The molecule has 0 aliphatic rings. The number of hydrogen-bond donors (Lipinski definition) is 2. The summed E-state index contributed by atoms with van der Waals surface area (Å²) in [5, 5.41) is 0. The Bertz CT molecular complexity index is 638. The van der Waals surface area contributed by atoms with Gasteiger partial charge in [0.2, 0.25) is 5.91 Å². The number of benzene rings is 2. The molecule has 0 saturated heterocycles. The summed E-state index contributed by atoms with van der Waals surface area (Å²) >= 11 is 1.48. The van der Waals surface area contributed by atoms with Crippen LogP contribution in [0.4, 0.5) is 5.69 Å². The van der Waals surface area contributed by atoms with Gasteiger partial charge in [-0.1, -0.05) is 30.0 Å². The molecule has 0 atom stereocenters. The lowest BCUT2D eigenvalue weighted by Gasteiger charge is -2.11. The fourth-order valence-corrected chi connectivity index (χ4v) is 2.95. The number of nitrogen functional groups attached to an aromatic ring is 1. The summed E-state index contributed by atoms with van der Waals surface area (Å²) in [6.07, 6.45) is 0. The molecule has 98 valence electrons. The van der Waals surface area contributed by atoms with Crippen molar-refractivity contribution >= 4 is 23.4 Å². The van der Waals surface area contributed by atoms with Gasteiger partial charge in [-0.25, -0.2) is 0 Å². The van der Waals surface area contributed by atoms with Gasteiger partial charge in [0, 0.05) is 15.5 Å². The number of carbonyl (C=O) groups excluding carboxylic acids is 1. The molecule has 2 aromatic carbocycles. The van der Waals surface area contributed by atoms with Crippen LogP contribution in [0.1, 0.15) is 21.5 Å². The van der Waals surface area contributed by atoms with Crippen LogP contribution >= 0.6 is 11.8 Å². The number of rotatable bonds is 3. The van der Waals surface area contributed by atoms with E-state index in [4.69, 9.17) is 11.5 Å². The standard InChI is InChI=1S/C15H16N2OS/c1-9-6-7-10(2)13(8-9)19-14-11(15(17)18)4-3-5-12(14)16/h3-8H,16H2,1-2H3,(H2,17,18). The Labute approximate surface area is 117 Å². The molecule has 19 heavy (non-hydrogen) atoms. The zero-order valence-corrected chi connectivity index (χ0v) is 11.8. The molecule has 0 saturated carbocycles. The maximum Gasteiger partial charge on any atom is 0.249 e. The van der Waals surface area contributed by atoms with Crippen molar-refractivity contribution in [2.45, 2.75) is 23.6 Å². The predicted octanol–water partition coefficient (Wildman–Crippen LogP) is 3.14. The van der Waals surface area contributed by atoms with E-state index < -0.39 is 5.91 Å². The molecule has 0 aliphatic heterocycles. The molecule has 1 amide bonds. The van der Waals surface area contributed by atoms with Crippen LogP contribution in [0.3, 0.4) is 0 Å². The minimum atomic E-state index is -0.458. The summed E-state index contributed by atoms with van der Waals surface area (Å²) in [6.45, 7) is 4.07. The lowest BCUT2D eigenvalue weighted by molar-refractivity contribution is 0.0997. The van der Waals surface area contributed by atoms with Gasteiger partial charge in [0.25, 0.3) is 0 Å². The SMILES string of the molecule is Cc1ccc(C)c(Sc2c(N)cccc2C(N)=O)c1. The van der Waals surface area contributed by atoms with Gasteiger partial charge in [0.1, 0.15) is 0 Å². The van der Waals surface area contributed by atoms with Crippen LogP contribution in [0, 0.1) is 13.8 Å². The molecule has 4 N–H and O–H groups in total. The number of hydrogen-bond acceptors (Lipinski definition) is 3. The molecule has 4 heteroatoms. The largest absolute Gasteiger partial charge is 0.398 e. The smallest absolute Gasteiger partial charge is 0.249 e. The first-order valence-corrected chi connectivity index (χ1v) is 6.74. The Kier molecular flexibility index (Phi) is 3.81. The van der Waals surface area contributed by atoms with E-state index in [1.165, 1.54) is 17.3 Å². The van der Waals surface area contributed by atoms with Crippen LogP contribution in [-0.4, -0.2) is 5.91 Å².